The Morgan fingerprint density at radius 1 is 1.02 bits per heavy atom. The van der Waals surface area contributed by atoms with E-state index in [9.17, 15) is 10.5 Å². The fourth-order valence-electron chi connectivity index (χ4n) is 5.78. The van der Waals surface area contributed by atoms with Gasteiger partial charge in [0.15, 0.2) is 5.76 Å². The van der Waals surface area contributed by atoms with Crippen molar-refractivity contribution in [2.24, 2.45) is 5.41 Å². The van der Waals surface area contributed by atoms with E-state index in [-0.39, 0.29) is 5.41 Å². The van der Waals surface area contributed by atoms with Gasteiger partial charge in [-0.3, -0.25) is 0 Å². The largest absolute Gasteiger partial charge is 0.496 e. The SMILES string of the molecule is CCCCN(CCCC)c1ccc(/C=C/C2=CC(=C/C=C/C3=C(C#N)C(=C(/C)C#N)/OC3(C)C)/CC(C)(C)C2)c(OC)c1. The van der Waals surface area contributed by atoms with Gasteiger partial charge in [0.1, 0.15) is 23.0 Å². The fraction of sp³-hybridized carbons (Fsp3) is 0.474. The summed E-state index contributed by atoms with van der Waals surface area (Å²) in [6.07, 6.45) is 19.4. The first-order chi connectivity index (χ1) is 20.5. The molecule has 1 aliphatic heterocycles. The summed E-state index contributed by atoms with van der Waals surface area (Å²) >= 11 is 0. The third kappa shape index (κ3) is 8.77. The number of methoxy groups -OCH3 is 1. The molecule has 0 unspecified atom stereocenters. The van der Waals surface area contributed by atoms with Gasteiger partial charge < -0.3 is 14.4 Å². The van der Waals surface area contributed by atoms with Gasteiger partial charge in [-0.15, -0.1) is 0 Å². The lowest BCUT2D eigenvalue weighted by Gasteiger charge is -2.30. The molecule has 2 aliphatic rings. The quantitative estimate of drug-likeness (QED) is 0.231. The molecule has 1 heterocycles. The average Bonchev–Trinajstić information content (AvgIpc) is 3.24. The molecule has 0 spiro atoms. The molecule has 5 heteroatoms. The summed E-state index contributed by atoms with van der Waals surface area (Å²) in [5, 5.41) is 19.2. The van der Waals surface area contributed by atoms with Crippen LogP contribution in [-0.2, 0) is 4.74 Å². The topological polar surface area (TPSA) is 69.3 Å². The first-order valence-electron chi connectivity index (χ1n) is 15.6. The summed E-state index contributed by atoms with van der Waals surface area (Å²) < 4.78 is 11.8. The molecule has 1 aromatic carbocycles. The van der Waals surface area contributed by atoms with Crippen LogP contribution in [0.5, 0.6) is 5.75 Å². The van der Waals surface area contributed by atoms with E-state index in [4.69, 9.17) is 9.47 Å². The molecule has 0 amide bonds. The predicted octanol–water partition coefficient (Wildman–Crippen LogP) is 9.77. The van der Waals surface area contributed by atoms with Gasteiger partial charge in [-0.25, -0.2) is 0 Å². The summed E-state index contributed by atoms with van der Waals surface area (Å²) in [6, 6.07) is 10.9. The zero-order valence-electron chi connectivity index (χ0n) is 27.5. The number of nitriles is 2. The van der Waals surface area contributed by atoms with E-state index in [1.165, 1.54) is 42.5 Å². The molecular formula is C38H49N3O2. The van der Waals surface area contributed by atoms with Crippen LogP contribution in [-0.4, -0.2) is 25.8 Å². The van der Waals surface area contributed by atoms with Crippen LogP contribution in [0, 0.1) is 28.1 Å². The summed E-state index contributed by atoms with van der Waals surface area (Å²) in [5.74, 6) is 1.27. The van der Waals surface area contributed by atoms with Crippen LogP contribution in [0.15, 0.2) is 82.2 Å². The Morgan fingerprint density at radius 3 is 2.33 bits per heavy atom. The van der Waals surface area contributed by atoms with E-state index >= 15 is 0 Å². The second kappa shape index (κ2) is 15.0. The van der Waals surface area contributed by atoms with Crippen molar-refractivity contribution >= 4 is 11.8 Å². The molecule has 0 fully saturated rings. The highest BCUT2D eigenvalue weighted by Crippen LogP contribution is 2.41. The number of hydrogen-bond donors (Lipinski definition) is 0. The zero-order chi connectivity index (χ0) is 31.6. The molecule has 228 valence electrons. The molecule has 3 rings (SSSR count). The van der Waals surface area contributed by atoms with Crippen molar-refractivity contribution < 1.29 is 9.47 Å². The molecule has 0 aromatic heterocycles. The van der Waals surface area contributed by atoms with Crippen LogP contribution in [0.25, 0.3) is 6.08 Å². The minimum Gasteiger partial charge on any atom is -0.496 e. The highest BCUT2D eigenvalue weighted by molar-refractivity contribution is 5.65. The molecule has 1 aliphatic carbocycles. The van der Waals surface area contributed by atoms with Crippen LogP contribution in [0.4, 0.5) is 5.69 Å². The van der Waals surface area contributed by atoms with E-state index < -0.39 is 5.60 Å². The van der Waals surface area contributed by atoms with Crippen molar-refractivity contribution in [3.63, 3.8) is 0 Å². The van der Waals surface area contributed by atoms with Crippen LogP contribution >= 0.6 is 0 Å². The Morgan fingerprint density at radius 2 is 1.72 bits per heavy atom. The normalized spacial score (nSPS) is 19.8. The zero-order valence-corrected chi connectivity index (χ0v) is 27.5. The van der Waals surface area contributed by atoms with E-state index in [2.05, 4.69) is 87.2 Å². The number of nitrogens with zero attached hydrogens (tertiary/aromatic N) is 3. The number of rotatable bonds is 12. The van der Waals surface area contributed by atoms with Gasteiger partial charge in [0.2, 0.25) is 0 Å². The molecule has 0 radical (unpaired) electrons. The lowest BCUT2D eigenvalue weighted by atomic mass is 9.75. The Hall–Kier alpha value is -3.96. The summed E-state index contributed by atoms with van der Waals surface area (Å²) in [4.78, 5) is 2.48. The number of benzene rings is 1. The van der Waals surface area contributed by atoms with Crippen LogP contribution in [0.3, 0.4) is 0 Å². The molecule has 1 aromatic rings. The number of anilines is 1. The van der Waals surface area contributed by atoms with Crippen LogP contribution < -0.4 is 9.64 Å². The summed E-state index contributed by atoms with van der Waals surface area (Å²) in [7, 11) is 1.75. The van der Waals surface area contributed by atoms with Gasteiger partial charge in [-0.05, 0) is 75.1 Å². The van der Waals surface area contributed by atoms with Gasteiger partial charge in [0.05, 0.1) is 18.8 Å². The number of allylic oxidation sites excluding steroid dienone is 8. The molecular weight excluding hydrogens is 530 g/mol. The van der Waals surface area contributed by atoms with Crippen LogP contribution in [0.1, 0.15) is 92.6 Å². The van der Waals surface area contributed by atoms with Gasteiger partial charge in [0.25, 0.3) is 0 Å². The maximum atomic E-state index is 9.83. The van der Waals surface area contributed by atoms with Crippen LogP contribution in [0.2, 0.25) is 0 Å². The van der Waals surface area contributed by atoms with Crippen molar-refractivity contribution in [3.05, 3.63) is 87.8 Å². The molecule has 0 saturated heterocycles. The van der Waals surface area contributed by atoms with Gasteiger partial charge >= 0.3 is 0 Å². The Bertz CT molecular complexity index is 1430. The summed E-state index contributed by atoms with van der Waals surface area (Å²) in [6.45, 7) is 16.7. The molecule has 43 heavy (non-hydrogen) atoms. The third-order valence-electron chi connectivity index (χ3n) is 8.05. The number of unbranched alkanes of at least 4 members (excludes halogenated alkanes) is 2. The monoisotopic (exact) mass is 579 g/mol. The van der Waals surface area contributed by atoms with Gasteiger partial charge in [-0.1, -0.05) is 77.0 Å². The van der Waals surface area contributed by atoms with Crippen molar-refractivity contribution in [2.75, 3.05) is 25.1 Å². The fourth-order valence-corrected chi connectivity index (χ4v) is 5.78. The molecule has 5 nitrogen and oxygen atoms in total. The molecule has 0 saturated carbocycles. The maximum absolute atomic E-state index is 9.83. The Balaban J connectivity index is 1.88. The standard InChI is InChI=1S/C38H49N3O2/c1-9-11-20-41(21-12-10-2)32-19-18-31(35(23-32)42-8)17-16-30-22-29(24-37(4,5)25-30)14-13-15-34-33(27-40)36(28(3)26-39)43-38(34,6)7/h13-19,22-23H,9-12,20-21,24-25H2,1-8H3/b15-13+,17-16+,29-14-,36-28+. The second-order valence-corrected chi connectivity index (χ2v) is 12.9. The second-order valence-electron chi connectivity index (χ2n) is 12.9. The number of ether oxygens (including phenoxy) is 2. The average molecular weight is 580 g/mol. The van der Waals surface area contributed by atoms with Gasteiger partial charge in [-0.2, -0.15) is 10.5 Å². The minimum atomic E-state index is -0.680. The third-order valence-corrected chi connectivity index (χ3v) is 8.05. The first kappa shape index (κ1) is 33.5. The first-order valence-corrected chi connectivity index (χ1v) is 15.6. The molecule has 0 N–H and O–H groups in total. The highest BCUT2D eigenvalue weighted by atomic mass is 16.5. The van der Waals surface area contributed by atoms with Crippen molar-refractivity contribution in [3.8, 4) is 17.9 Å². The molecule has 0 atom stereocenters. The number of hydrogen-bond acceptors (Lipinski definition) is 5. The van der Waals surface area contributed by atoms with Crippen molar-refractivity contribution in [1.29, 1.82) is 10.5 Å². The summed E-state index contributed by atoms with van der Waals surface area (Å²) in [5.41, 5.74) is 5.87. The van der Waals surface area contributed by atoms with Crippen molar-refractivity contribution in [2.45, 2.75) is 92.6 Å². The smallest absolute Gasteiger partial charge is 0.152 e. The Labute approximate surface area is 260 Å². The lowest BCUT2D eigenvalue weighted by Crippen LogP contribution is -2.25. The Kier molecular flexibility index (Phi) is 11.7. The lowest BCUT2D eigenvalue weighted by molar-refractivity contribution is 0.0948. The maximum Gasteiger partial charge on any atom is 0.152 e. The van der Waals surface area contributed by atoms with Gasteiger partial charge in [0, 0.05) is 36.0 Å². The highest BCUT2D eigenvalue weighted by Gasteiger charge is 2.37. The van der Waals surface area contributed by atoms with Crippen molar-refractivity contribution in [1.82, 2.24) is 0 Å². The minimum absolute atomic E-state index is 0.119. The van der Waals surface area contributed by atoms with E-state index in [1.807, 2.05) is 26.0 Å². The van der Waals surface area contributed by atoms with E-state index in [1.54, 1.807) is 14.0 Å². The molecule has 0 bridgehead atoms. The predicted molar refractivity (Wildman–Crippen MR) is 178 cm³/mol. The van der Waals surface area contributed by atoms with E-state index in [0.29, 0.717) is 16.9 Å². The van der Waals surface area contributed by atoms with E-state index in [0.717, 1.165) is 42.8 Å².